The lowest BCUT2D eigenvalue weighted by atomic mass is 9.95. The zero-order valence-electron chi connectivity index (χ0n) is 15.3. The van der Waals surface area contributed by atoms with Crippen molar-refractivity contribution in [3.8, 4) is 0 Å². The average Bonchev–Trinajstić information content (AvgIpc) is 3.24. The molecule has 0 spiro atoms. The van der Waals surface area contributed by atoms with Crippen LogP contribution in [0.1, 0.15) is 38.1 Å². The van der Waals surface area contributed by atoms with Crippen LogP contribution in [0.25, 0.3) is 10.2 Å². The summed E-state index contributed by atoms with van der Waals surface area (Å²) in [5, 5.41) is 3.55. The van der Waals surface area contributed by atoms with Gasteiger partial charge in [-0.15, -0.1) is 11.3 Å². The maximum absolute atomic E-state index is 5.71. The van der Waals surface area contributed by atoms with Crippen molar-refractivity contribution in [1.82, 2.24) is 9.97 Å². The number of aryl methyl sites for hydroxylation is 1. The predicted molar refractivity (Wildman–Crippen MR) is 101 cm³/mol. The molecule has 2 aliphatic heterocycles. The fourth-order valence-electron chi connectivity index (χ4n) is 3.94. The highest BCUT2D eigenvalue weighted by molar-refractivity contribution is 7.17. The van der Waals surface area contributed by atoms with E-state index in [1.54, 1.807) is 11.3 Å². The van der Waals surface area contributed by atoms with Crippen LogP contribution in [0.3, 0.4) is 0 Å². The maximum atomic E-state index is 5.71. The molecule has 4 rings (SSSR count). The molecule has 4 heterocycles. The van der Waals surface area contributed by atoms with E-state index >= 15 is 0 Å². The Bertz CT molecular complexity index is 732. The van der Waals surface area contributed by atoms with E-state index in [2.05, 4.69) is 29.1 Å². The van der Waals surface area contributed by atoms with Crippen LogP contribution in [-0.4, -0.2) is 42.6 Å². The number of nitrogens with zero attached hydrogens (tertiary/aromatic N) is 3. The van der Waals surface area contributed by atoms with Crippen molar-refractivity contribution in [2.75, 3.05) is 31.2 Å². The summed E-state index contributed by atoms with van der Waals surface area (Å²) < 4.78 is 11.4. The van der Waals surface area contributed by atoms with E-state index in [0.29, 0.717) is 11.8 Å². The van der Waals surface area contributed by atoms with E-state index in [9.17, 15) is 0 Å². The Morgan fingerprint density at radius 3 is 2.60 bits per heavy atom. The van der Waals surface area contributed by atoms with Crippen molar-refractivity contribution < 1.29 is 9.47 Å². The van der Waals surface area contributed by atoms with Crippen molar-refractivity contribution >= 4 is 27.4 Å². The van der Waals surface area contributed by atoms with Gasteiger partial charge in [-0.25, -0.2) is 9.97 Å². The van der Waals surface area contributed by atoms with Crippen LogP contribution in [0, 0.1) is 18.8 Å². The summed E-state index contributed by atoms with van der Waals surface area (Å²) in [7, 11) is 0. The van der Waals surface area contributed by atoms with Gasteiger partial charge in [-0.1, -0.05) is 13.8 Å². The van der Waals surface area contributed by atoms with Crippen LogP contribution in [0.4, 0.5) is 5.82 Å². The van der Waals surface area contributed by atoms with Gasteiger partial charge in [-0.2, -0.15) is 0 Å². The Morgan fingerprint density at radius 2 is 1.92 bits per heavy atom. The van der Waals surface area contributed by atoms with Crippen molar-refractivity contribution in [2.45, 2.75) is 46.3 Å². The highest BCUT2D eigenvalue weighted by Gasteiger charge is 2.31. The first-order valence-electron chi connectivity index (χ1n) is 9.34. The zero-order chi connectivity index (χ0) is 17.4. The molecule has 0 radical (unpaired) electrons. The molecule has 6 heteroatoms. The Kier molecular flexibility index (Phi) is 4.93. The molecule has 0 atom stereocenters. The second kappa shape index (κ2) is 7.17. The molecular weight excluding hydrogens is 334 g/mol. The van der Waals surface area contributed by atoms with E-state index in [4.69, 9.17) is 14.5 Å². The summed E-state index contributed by atoms with van der Waals surface area (Å²) >= 11 is 1.75. The monoisotopic (exact) mass is 361 g/mol. The third-order valence-electron chi connectivity index (χ3n) is 5.10. The molecule has 0 saturated carbocycles. The van der Waals surface area contributed by atoms with Gasteiger partial charge in [0.2, 0.25) is 0 Å². The quantitative estimate of drug-likeness (QED) is 0.829. The molecule has 0 bridgehead atoms. The van der Waals surface area contributed by atoms with E-state index in [1.807, 2.05) is 6.92 Å². The highest BCUT2D eigenvalue weighted by Crippen LogP contribution is 2.36. The molecule has 2 aromatic rings. The van der Waals surface area contributed by atoms with E-state index in [0.717, 1.165) is 62.0 Å². The van der Waals surface area contributed by atoms with Crippen molar-refractivity contribution in [2.24, 2.45) is 11.8 Å². The van der Waals surface area contributed by atoms with Crippen LogP contribution in [0.5, 0.6) is 0 Å². The lowest BCUT2D eigenvalue weighted by Crippen LogP contribution is -2.38. The largest absolute Gasteiger partial charge is 0.356 e. The fourth-order valence-corrected chi connectivity index (χ4v) is 4.93. The molecule has 2 saturated heterocycles. The van der Waals surface area contributed by atoms with Gasteiger partial charge in [-0.3, -0.25) is 0 Å². The topological polar surface area (TPSA) is 47.5 Å². The summed E-state index contributed by atoms with van der Waals surface area (Å²) in [6.07, 6.45) is 3.28. The van der Waals surface area contributed by atoms with Gasteiger partial charge in [0.05, 0.1) is 18.6 Å². The normalized spacial score (nSPS) is 20.2. The molecule has 5 nitrogen and oxygen atoms in total. The number of thiophene rings is 1. The molecule has 2 aliphatic rings. The fraction of sp³-hybridized carbons (Fsp3) is 0.684. The van der Waals surface area contributed by atoms with Gasteiger partial charge in [0.1, 0.15) is 16.5 Å². The number of aromatic nitrogens is 2. The van der Waals surface area contributed by atoms with E-state index < -0.39 is 0 Å². The predicted octanol–water partition coefficient (Wildman–Crippen LogP) is 3.79. The number of piperidine rings is 1. The molecule has 0 aromatic carbocycles. The SMILES string of the molecule is Cc1nc(N2CCC(C3OCCO3)CC2)c2c(CC(C)C)csc2n1. The van der Waals surface area contributed by atoms with Crippen LogP contribution in [0.2, 0.25) is 0 Å². The molecule has 25 heavy (non-hydrogen) atoms. The van der Waals surface area contributed by atoms with Gasteiger partial charge in [-0.05, 0) is 43.0 Å². The van der Waals surface area contributed by atoms with Crippen LogP contribution in [-0.2, 0) is 15.9 Å². The van der Waals surface area contributed by atoms with Gasteiger partial charge >= 0.3 is 0 Å². The smallest absolute Gasteiger partial charge is 0.160 e. The minimum Gasteiger partial charge on any atom is -0.356 e. The van der Waals surface area contributed by atoms with Gasteiger partial charge in [0.15, 0.2) is 6.29 Å². The number of hydrogen-bond donors (Lipinski definition) is 0. The number of hydrogen-bond acceptors (Lipinski definition) is 6. The molecule has 0 N–H and O–H groups in total. The first-order valence-corrected chi connectivity index (χ1v) is 10.2. The Labute approximate surface area is 153 Å². The van der Waals surface area contributed by atoms with E-state index in [-0.39, 0.29) is 6.29 Å². The van der Waals surface area contributed by atoms with E-state index in [1.165, 1.54) is 10.9 Å². The number of rotatable bonds is 4. The van der Waals surface area contributed by atoms with Gasteiger partial charge in [0.25, 0.3) is 0 Å². The Morgan fingerprint density at radius 1 is 1.20 bits per heavy atom. The zero-order valence-corrected chi connectivity index (χ0v) is 16.1. The highest BCUT2D eigenvalue weighted by atomic mass is 32.1. The summed E-state index contributed by atoms with van der Waals surface area (Å²) in [6, 6.07) is 0. The summed E-state index contributed by atoms with van der Waals surface area (Å²) in [4.78, 5) is 13.1. The van der Waals surface area contributed by atoms with Gasteiger partial charge < -0.3 is 14.4 Å². The molecule has 2 fully saturated rings. The molecule has 0 amide bonds. The Hall–Kier alpha value is -1.24. The second-order valence-electron chi connectivity index (χ2n) is 7.57. The second-order valence-corrected chi connectivity index (χ2v) is 8.43. The number of ether oxygens (including phenoxy) is 2. The van der Waals surface area contributed by atoms with Crippen molar-refractivity contribution in [3.05, 3.63) is 16.8 Å². The molecule has 0 unspecified atom stereocenters. The number of anilines is 1. The van der Waals surface area contributed by atoms with Crippen molar-refractivity contribution in [1.29, 1.82) is 0 Å². The summed E-state index contributed by atoms with van der Waals surface area (Å²) in [5.41, 5.74) is 1.40. The number of fused-ring (bicyclic) bond motifs is 1. The summed E-state index contributed by atoms with van der Waals surface area (Å²) in [5.74, 6) is 3.14. The molecule has 136 valence electrons. The molecule has 2 aromatic heterocycles. The summed E-state index contributed by atoms with van der Waals surface area (Å²) in [6.45, 7) is 10.0. The van der Waals surface area contributed by atoms with Gasteiger partial charge in [0, 0.05) is 19.0 Å². The lowest BCUT2D eigenvalue weighted by Gasteiger charge is -2.35. The molecule has 0 aliphatic carbocycles. The maximum Gasteiger partial charge on any atom is 0.160 e. The van der Waals surface area contributed by atoms with Crippen molar-refractivity contribution in [3.63, 3.8) is 0 Å². The molecular formula is C19H27N3O2S. The van der Waals surface area contributed by atoms with Crippen LogP contribution >= 0.6 is 11.3 Å². The standard InChI is InChI=1S/C19H27N3O2S/c1-12(2)10-15-11-25-18-16(15)17(20-13(3)21-18)22-6-4-14(5-7-22)19-23-8-9-24-19/h11-12,14,19H,4-10H2,1-3H3. The van der Waals surface area contributed by atoms with Crippen LogP contribution < -0.4 is 4.90 Å². The third-order valence-corrected chi connectivity index (χ3v) is 6.02. The Balaban J connectivity index is 1.59. The third kappa shape index (κ3) is 3.52. The minimum absolute atomic E-state index is 0.00644. The average molecular weight is 362 g/mol. The lowest BCUT2D eigenvalue weighted by molar-refractivity contribution is -0.0889. The minimum atomic E-state index is 0.00644. The first kappa shape index (κ1) is 17.2. The first-order chi connectivity index (χ1) is 12.1. The van der Waals surface area contributed by atoms with Crippen LogP contribution in [0.15, 0.2) is 5.38 Å².